The molecule has 1 heterocycles. The van der Waals surface area contributed by atoms with Gasteiger partial charge in [-0.25, -0.2) is 0 Å². The lowest BCUT2D eigenvalue weighted by atomic mass is 10.1. The van der Waals surface area contributed by atoms with Crippen LogP contribution in [0.15, 0.2) is 59.8 Å². The van der Waals surface area contributed by atoms with E-state index in [1.807, 2.05) is 18.2 Å². The molecule has 0 spiro atoms. The van der Waals surface area contributed by atoms with Crippen molar-refractivity contribution in [2.75, 3.05) is 0 Å². The Morgan fingerprint density at radius 1 is 1.04 bits per heavy atom. The number of aromatic nitrogens is 3. The summed E-state index contributed by atoms with van der Waals surface area (Å²) in [5.41, 5.74) is 2.34. The van der Waals surface area contributed by atoms with Gasteiger partial charge in [0.2, 0.25) is 0 Å². The number of thioether (sulfide) groups is 1. The molecule has 7 heteroatoms. The van der Waals surface area contributed by atoms with Gasteiger partial charge in [-0.2, -0.15) is 0 Å². The van der Waals surface area contributed by atoms with Crippen molar-refractivity contribution in [2.24, 2.45) is 5.92 Å². The summed E-state index contributed by atoms with van der Waals surface area (Å²) in [5, 5.41) is 20.5. The van der Waals surface area contributed by atoms with Crippen LogP contribution in [0.5, 0.6) is 0 Å². The number of benzene rings is 2. The highest BCUT2D eigenvalue weighted by atomic mass is 32.2. The molecule has 1 aromatic heterocycles. The third-order valence-electron chi connectivity index (χ3n) is 4.06. The van der Waals surface area contributed by atoms with Gasteiger partial charge in [0, 0.05) is 30.9 Å². The van der Waals surface area contributed by atoms with Gasteiger partial charge in [-0.05, 0) is 17.0 Å². The molecule has 0 N–H and O–H groups in total. The monoisotopic (exact) mass is 382 g/mol. The van der Waals surface area contributed by atoms with Crippen molar-refractivity contribution in [1.29, 1.82) is 0 Å². The third kappa shape index (κ3) is 5.17. The molecular formula is C20H22N4O2S. The fourth-order valence-corrected chi connectivity index (χ4v) is 3.67. The fraction of sp³-hybridized carbons (Fsp3) is 0.300. The van der Waals surface area contributed by atoms with E-state index in [2.05, 4.69) is 40.7 Å². The summed E-state index contributed by atoms with van der Waals surface area (Å²) in [6.45, 7) is 5.21. The van der Waals surface area contributed by atoms with Crippen LogP contribution in [-0.2, 0) is 18.7 Å². The molecule has 0 saturated heterocycles. The van der Waals surface area contributed by atoms with Gasteiger partial charge in [0.1, 0.15) is 5.82 Å². The van der Waals surface area contributed by atoms with Crippen LogP contribution in [0.2, 0.25) is 0 Å². The van der Waals surface area contributed by atoms with E-state index in [0.29, 0.717) is 11.7 Å². The summed E-state index contributed by atoms with van der Waals surface area (Å²) in [5.74, 6) is 2.13. The second-order valence-electron chi connectivity index (χ2n) is 6.78. The Bertz CT molecular complexity index is 892. The molecule has 0 radical (unpaired) electrons. The lowest BCUT2D eigenvalue weighted by Crippen LogP contribution is -2.10. The predicted molar refractivity (Wildman–Crippen MR) is 107 cm³/mol. The predicted octanol–water partition coefficient (Wildman–Crippen LogP) is 4.73. The molecule has 6 nitrogen and oxygen atoms in total. The summed E-state index contributed by atoms with van der Waals surface area (Å²) in [7, 11) is 0. The second kappa shape index (κ2) is 8.81. The summed E-state index contributed by atoms with van der Waals surface area (Å²) in [6.07, 6.45) is 0.749. The fourth-order valence-electron chi connectivity index (χ4n) is 2.75. The molecule has 0 bridgehead atoms. The van der Waals surface area contributed by atoms with Crippen molar-refractivity contribution in [3.63, 3.8) is 0 Å². The lowest BCUT2D eigenvalue weighted by molar-refractivity contribution is -0.384. The summed E-state index contributed by atoms with van der Waals surface area (Å²) < 4.78 is 2.19. The standard InChI is InChI=1S/C20H22N4O2S/c1-15(2)13-23-19(12-16-6-4-3-5-7-16)21-22-20(23)27-14-17-8-10-18(11-9-17)24(25)26/h3-11,15H,12-14H2,1-2H3. The maximum Gasteiger partial charge on any atom is 0.269 e. The maximum absolute atomic E-state index is 10.8. The maximum atomic E-state index is 10.8. The first-order chi connectivity index (χ1) is 13.0. The number of hydrogen-bond donors (Lipinski definition) is 0. The van der Waals surface area contributed by atoms with Gasteiger partial charge in [0.05, 0.1) is 4.92 Å². The molecule has 0 aliphatic heterocycles. The quantitative estimate of drug-likeness (QED) is 0.320. The highest BCUT2D eigenvalue weighted by molar-refractivity contribution is 7.98. The molecule has 0 aliphatic rings. The zero-order chi connectivity index (χ0) is 19.2. The highest BCUT2D eigenvalue weighted by Gasteiger charge is 2.15. The zero-order valence-electron chi connectivity index (χ0n) is 15.4. The topological polar surface area (TPSA) is 73.8 Å². The van der Waals surface area contributed by atoms with Crippen LogP contribution >= 0.6 is 11.8 Å². The Labute approximate surface area is 162 Å². The van der Waals surface area contributed by atoms with Gasteiger partial charge in [-0.1, -0.05) is 68.1 Å². The second-order valence-corrected chi connectivity index (χ2v) is 7.72. The number of nitro groups is 1. The first kappa shape index (κ1) is 19.1. The SMILES string of the molecule is CC(C)Cn1c(Cc2ccccc2)nnc1SCc1ccc([N+](=O)[O-])cc1. The van der Waals surface area contributed by atoms with Crippen molar-refractivity contribution in [1.82, 2.24) is 14.8 Å². The van der Waals surface area contributed by atoms with E-state index in [1.165, 1.54) is 17.7 Å². The van der Waals surface area contributed by atoms with Gasteiger partial charge < -0.3 is 4.57 Å². The summed E-state index contributed by atoms with van der Waals surface area (Å²) in [4.78, 5) is 10.4. The number of nitrogens with zero attached hydrogens (tertiary/aromatic N) is 4. The molecule has 27 heavy (non-hydrogen) atoms. The van der Waals surface area contributed by atoms with E-state index < -0.39 is 0 Å². The molecule has 3 aromatic rings. The first-order valence-electron chi connectivity index (χ1n) is 8.85. The molecule has 140 valence electrons. The van der Waals surface area contributed by atoms with Crippen LogP contribution in [0.25, 0.3) is 0 Å². The van der Waals surface area contributed by atoms with Gasteiger partial charge >= 0.3 is 0 Å². The molecule has 0 saturated carbocycles. The minimum atomic E-state index is -0.383. The van der Waals surface area contributed by atoms with E-state index in [9.17, 15) is 10.1 Å². The Morgan fingerprint density at radius 3 is 2.37 bits per heavy atom. The number of non-ortho nitro benzene ring substituents is 1. The number of hydrogen-bond acceptors (Lipinski definition) is 5. The number of nitro benzene ring substituents is 1. The van der Waals surface area contributed by atoms with E-state index in [-0.39, 0.29) is 10.6 Å². The highest BCUT2D eigenvalue weighted by Crippen LogP contribution is 2.25. The van der Waals surface area contributed by atoms with Gasteiger partial charge in [-0.3, -0.25) is 10.1 Å². The largest absolute Gasteiger partial charge is 0.305 e. The van der Waals surface area contributed by atoms with Crippen LogP contribution in [-0.4, -0.2) is 19.7 Å². The average molecular weight is 382 g/mol. The zero-order valence-corrected chi connectivity index (χ0v) is 16.2. The van der Waals surface area contributed by atoms with E-state index >= 15 is 0 Å². The van der Waals surface area contributed by atoms with Crippen LogP contribution in [0, 0.1) is 16.0 Å². The normalized spacial score (nSPS) is 11.1. The summed E-state index contributed by atoms with van der Waals surface area (Å²) in [6, 6.07) is 16.9. The minimum absolute atomic E-state index is 0.108. The van der Waals surface area contributed by atoms with Crippen LogP contribution in [0.3, 0.4) is 0 Å². The molecule has 0 amide bonds. The Morgan fingerprint density at radius 2 is 1.74 bits per heavy atom. The molecule has 0 unspecified atom stereocenters. The number of rotatable bonds is 8. The van der Waals surface area contributed by atoms with Crippen LogP contribution < -0.4 is 0 Å². The van der Waals surface area contributed by atoms with Gasteiger partial charge in [-0.15, -0.1) is 10.2 Å². The molecule has 2 aromatic carbocycles. The van der Waals surface area contributed by atoms with Crippen molar-refractivity contribution >= 4 is 17.4 Å². The Kier molecular flexibility index (Phi) is 6.24. The van der Waals surface area contributed by atoms with Crippen molar-refractivity contribution in [3.05, 3.63) is 81.7 Å². The minimum Gasteiger partial charge on any atom is -0.305 e. The van der Waals surface area contributed by atoms with Gasteiger partial charge in [0.25, 0.3) is 5.69 Å². The van der Waals surface area contributed by atoms with E-state index in [0.717, 1.165) is 29.5 Å². The van der Waals surface area contributed by atoms with Crippen molar-refractivity contribution < 1.29 is 4.92 Å². The molecule has 0 aliphatic carbocycles. The molecular weight excluding hydrogens is 360 g/mol. The Balaban J connectivity index is 1.75. The molecule has 3 rings (SSSR count). The Hall–Kier alpha value is -2.67. The third-order valence-corrected chi connectivity index (χ3v) is 5.10. The lowest BCUT2D eigenvalue weighted by Gasteiger charge is -2.12. The van der Waals surface area contributed by atoms with E-state index in [4.69, 9.17) is 0 Å². The van der Waals surface area contributed by atoms with Crippen molar-refractivity contribution in [3.8, 4) is 0 Å². The average Bonchev–Trinajstić information content (AvgIpc) is 3.02. The van der Waals surface area contributed by atoms with Crippen LogP contribution in [0.1, 0.15) is 30.8 Å². The smallest absolute Gasteiger partial charge is 0.269 e. The first-order valence-corrected chi connectivity index (χ1v) is 9.83. The van der Waals surface area contributed by atoms with E-state index in [1.54, 1.807) is 23.9 Å². The molecule has 0 atom stereocenters. The summed E-state index contributed by atoms with van der Waals surface area (Å²) >= 11 is 1.61. The van der Waals surface area contributed by atoms with Gasteiger partial charge in [0.15, 0.2) is 5.16 Å². The van der Waals surface area contributed by atoms with Crippen molar-refractivity contribution in [2.45, 2.75) is 37.7 Å². The van der Waals surface area contributed by atoms with Crippen LogP contribution in [0.4, 0.5) is 5.69 Å². The molecule has 0 fully saturated rings.